The zero-order valence-corrected chi connectivity index (χ0v) is 19.7. The second-order valence-electron chi connectivity index (χ2n) is 8.48. The minimum absolute atomic E-state index is 0.0420. The number of anilines is 1. The molecule has 5 rings (SSSR count). The highest BCUT2D eigenvalue weighted by atomic mass is 32.1. The van der Waals surface area contributed by atoms with Gasteiger partial charge in [0, 0.05) is 42.6 Å². The number of hydrogen-bond donors (Lipinski definition) is 1. The van der Waals surface area contributed by atoms with Crippen molar-refractivity contribution in [1.82, 2.24) is 20.5 Å². The molecule has 1 N–H and O–H groups in total. The van der Waals surface area contributed by atoms with Crippen LogP contribution in [-0.2, 0) is 11.2 Å². The van der Waals surface area contributed by atoms with E-state index in [1.165, 1.54) is 0 Å². The minimum Gasteiger partial charge on any atom is -0.355 e. The van der Waals surface area contributed by atoms with Gasteiger partial charge in [-0.2, -0.15) is 0 Å². The second-order valence-corrected chi connectivity index (χ2v) is 9.34. The largest absolute Gasteiger partial charge is 0.355 e. The van der Waals surface area contributed by atoms with Crippen LogP contribution in [0.15, 0.2) is 78.2 Å². The lowest BCUT2D eigenvalue weighted by Gasteiger charge is -2.32. The lowest BCUT2D eigenvalue weighted by atomic mass is 9.97. The topological polar surface area (TPSA) is 71.0 Å². The van der Waals surface area contributed by atoms with E-state index in [0.29, 0.717) is 13.1 Å². The molecule has 0 saturated carbocycles. The van der Waals surface area contributed by atoms with Crippen molar-refractivity contribution in [2.45, 2.75) is 19.3 Å². The summed E-state index contributed by atoms with van der Waals surface area (Å²) in [4.78, 5) is 19.7. The fourth-order valence-electron chi connectivity index (χ4n) is 4.25. The van der Waals surface area contributed by atoms with Gasteiger partial charge in [0.2, 0.25) is 5.91 Å². The first-order valence-corrected chi connectivity index (χ1v) is 12.6. The first-order valence-electron chi connectivity index (χ1n) is 11.7. The van der Waals surface area contributed by atoms with Crippen molar-refractivity contribution in [3.8, 4) is 21.8 Å². The number of carbonyl (C=O) groups excluding carboxylic acids is 1. The lowest BCUT2D eigenvalue weighted by molar-refractivity contribution is -0.125. The summed E-state index contributed by atoms with van der Waals surface area (Å²) in [6.07, 6.45) is 2.59. The summed E-state index contributed by atoms with van der Waals surface area (Å²) in [6, 6.07) is 24.2. The zero-order chi connectivity index (χ0) is 23.2. The quantitative estimate of drug-likeness (QED) is 0.419. The molecule has 1 aliphatic rings. The molecule has 1 aliphatic heterocycles. The van der Waals surface area contributed by atoms with Gasteiger partial charge in [0.15, 0.2) is 5.82 Å². The third-order valence-electron chi connectivity index (χ3n) is 6.09. The maximum absolute atomic E-state index is 12.8. The average molecular weight is 470 g/mol. The second kappa shape index (κ2) is 10.6. The Morgan fingerprint density at radius 2 is 1.74 bits per heavy atom. The highest BCUT2D eigenvalue weighted by Crippen LogP contribution is 2.25. The number of carbonyl (C=O) groups is 1. The van der Waals surface area contributed by atoms with Gasteiger partial charge in [-0.15, -0.1) is 21.5 Å². The van der Waals surface area contributed by atoms with Crippen molar-refractivity contribution >= 4 is 23.1 Å². The SMILES string of the molecule is O=C(NCCc1csc(-c2ccccc2)n1)C1CCCN(c2ccc(-c3ccccc3)nn2)C1. The number of aromatic nitrogens is 3. The van der Waals surface area contributed by atoms with E-state index < -0.39 is 0 Å². The number of nitrogens with zero attached hydrogens (tertiary/aromatic N) is 4. The van der Waals surface area contributed by atoms with Crippen LogP contribution >= 0.6 is 11.3 Å². The van der Waals surface area contributed by atoms with E-state index in [-0.39, 0.29) is 11.8 Å². The highest BCUT2D eigenvalue weighted by Gasteiger charge is 2.26. The van der Waals surface area contributed by atoms with Gasteiger partial charge in [-0.1, -0.05) is 60.7 Å². The van der Waals surface area contributed by atoms with Crippen LogP contribution in [0.25, 0.3) is 21.8 Å². The molecule has 34 heavy (non-hydrogen) atoms. The van der Waals surface area contributed by atoms with Crippen LogP contribution in [0.4, 0.5) is 5.82 Å². The molecule has 172 valence electrons. The Morgan fingerprint density at radius 3 is 2.47 bits per heavy atom. The number of benzene rings is 2. The van der Waals surface area contributed by atoms with Crippen LogP contribution in [0.1, 0.15) is 18.5 Å². The molecule has 1 atom stereocenters. The Bertz CT molecular complexity index is 1210. The Balaban J connectivity index is 1.13. The minimum atomic E-state index is -0.0420. The van der Waals surface area contributed by atoms with Crippen molar-refractivity contribution in [1.29, 1.82) is 0 Å². The van der Waals surface area contributed by atoms with Gasteiger partial charge in [-0.05, 0) is 25.0 Å². The number of piperidine rings is 1. The van der Waals surface area contributed by atoms with E-state index in [4.69, 9.17) is 4.98 Å². The molecule has 2 aromatic heterocycles. The van der Waals surface area contributed by atoms with Crippen molar-refractivity contribution in [2.24, 2.45) is 5.92 Å². The zero-order valence-electron chi connectivity index (χ0n) is 18.9. The van der Waals surface area contributed by atoms with Gasteiger partial charge in [-0.3, -0.25) is 4.79 Å². The third kappa shape index (κ3) is 5.31. The van der Waals surface area contributed by atoms with Gasteiger partial charge in [0.05, 0.1) is 17.3 Å². The van der Waals surface area contributed by atoms with Gasteiger partial charge < -0.3 is 10.2 Å². The Hall–Kier alpha value is -3.58. The number of thiazole rings is 1. The van der Waals surface area contributed by atoms with E-state index in [2.05, 4.69) is 37.9 Å². The van der Waals surface area contributed by atoms with Crippen molar-refractivity contribution in [3.05, 3.63) is 83.9 Å². The van der Waals surface area contributed by atoms with Crippen LogP contribution in [-0.4, -0.2) is 40.7 Å². The molecule has 6 nitrogen and oxygen atoms in total. The molecule has 7 heteroatoms. The molecular weight excluding hydrogens is 442 g/mol. The predicted octanol–water partition coefficient (Wildman–Crippen LogP) is 4.84. The van der Waals surface area contributed by atoms with Crippen molar-refractivity contribution in [3.63, 3.8) is 0 Å². The maximum atomic E-state index is 12.8. The standard InChI is InChI=1S/C27H27N5OS/c33-26(28-16-15-23-19-34-27(29-23)21-10-5-2-6-11-21)22-12-7-17-32(18-22)25-14-13-24(30-31-25)20-8-3-1-4-9-20/h1-6,8-11,13-14,19,22H,7,12,15-18H2,(H,28,33). The third-order valence-corrected chi connectivity index (χ3v) is 7.03. The summed E-state index contributed by atoms with van der Waals surface area (Å²) < 4.78 is 0. The Kier molecular flexibility index (Phi) is 6.91. The smallest absolute Gasteiger partial charge is 0.224 e. The molecular formula is C27H27N5OS. The summed E-state index contributed by atoms with van der Waals surface area (Å²) in [5.74, 6) is 0.893. The molecule has 0 spiro atoms. The fraction of sp³-hybridized carbons (Fsp3) is 0.259. The first kappa shape index (κ1) is 22.2. The summed E-state index contributed by atoms with van der Waals surface area (Å²) in [7, 11) is 0. The molecule has 3 heterocycles. The fourth-order valence-corrected chi connectivity index (χ4v) is 5.11. The molecule has 1 saturated heterocycles. The molecule has 1 fully saturated rings. The summed E-state index contributed by atoms with van der Waals surface area (Å²) in [6.45, 7) is 2.16. The van der Waals surface area contributed by atoms with Crippen molar-refractivity contribution in [2.75, 3.05) is 24.5 Å². The van der Waals surface area contributed by atoms with Gasteiger partial charge in [0.1, 0.15) is 5.01 Å². The molecule has 0 radical (unpaired) electrons. The Morgan fingerprint density at radius 1 is 0.971 bits per heavy atom. The molecule has 1 amide bonds. The van der Waals surface area contributed by atoms with E-state index in [1.54, 1.807) is 11.3 Å². The highest BCUT2D eigenvalue weighted by molar-refractivity contribution is 7.13. The summed E-state index contributed by atoms with van der Waals surface area (Å²) in [5.41, 5.74) is 4.05. The molecule has 4 aromatic rings. The van der Waals surface area contributed by atoms with Gasteiger partial charge in [-0.25, -0.2) is 4.98 Å². The maximum Gasteiger partial charge on any atom is 0.224 e. The van der Waals surface area contributed by atoms with E-state index >= 15 is 0 Å². The molecule has 1 unspecified atom stereocenters. The number of rotatable bonds is 7. The van der Waals surface area contributed by atoms with Crippen molar-refractivity contribution < 1.29 is 4.79 Å². The van der Waals surface area contributed by atoms with Crippen LogP contribution in [0.5, 0.6) is 0 Å². The van der Waals surface area contributed by atoms with Crippen LogP contribution in [0.3, 0.4) is 0 Å². The molecule has 2 aromatic carbocycles. The van der Waals surface area contributed by atoms with Crippen LogP contribution < -0.4 is 10.2 Å². The van der Waals surface area contributed by atoms with Crippen LogP contribution in [0, 0.1) is 5.92 Å². The Labute approximate surface area is 203 Å². The van der Waals surface area contributed by atoms with Gasteiger partial charge >= 0.3 is 0 Å². The lowest BCUT2D eigenvalue weighted by Crippen LogP contribution is -2.43. The average Bonchev–Trinajstić information content (AvgIpc) is 3.39. The number of nitrogens with one attached hydrogen (secondary N) is 1. The van der Waals surface area contributed by atoms with Gasteiger partial charge in [0.25, 0.3) is 0 Å². The van der Waals surface area contributed by atoms with E-state index in [1.807, 2.05) is 60.7 Å². The molecule has 0 aliphatic carbocycles. The van der Waals surface area contributed by atoms with E-state index in [9.17, 15) is 4.79 Å². The summed E-state index contributed by atoms with van der Waals surface area (Å²) >= 11 is 1.64. The monoisotopic (exact) mass is 469 g/mol. The number of hydrogen-bond acceptors (Lipinski definition) is 6. The van der Waals surface area contributed by atoms with Crippen LogP contribution in [0.2, 0.25) is 0 Å². The molecule has 0 bridgehead atoms. The predicted molar refractivity (Wildman–Crippen MR) is 137 cm³/mol. The van der Waals surface area contributed by atoms with E-state index in [0.717, 1.165) is 59.1 Å². The normalized spacial score (nSPS) is 15.8. The first-order chi connectivity index (χ1) is 16.8. The summed E-state index contributed by atoms with van der Waals surface area (Å²) in [5, 5.41) is 15.1. The number of amides is 1.